The molecular weight excluding hydrogens is 554 g/mol. The van der Waals surface area contributed by atoms with E-state index in [-0.39, 0.29) is 18.1 Å². The van der Waals surface area contributed by atoms with Gasteiger partial charge in [0.25, 0.3) is 5.91 Å². The van der Waals surface area contributed by atoms with Crippen LogP contribution in [0.25, 0.3) is 27.8 Å². The highest BCUT2D eigenvalue weighted by Gasteiger charge is 2.23. The highest BCUT2D eigenvalue weighted by atomic mass is 35.5. The zero-order valence-electron chi connectivity index (χ0n) is 23.8. The van der Waals surface area contributed by atoms with E-state index in [1.54, 1.807) is 61.5 Å². The Morgan fingerprint density at radius 2 is 1.64 bits per heavy atom. The topological polar surface area (TPSA) is 143 Å². The molecule has 0 bridgehead atoms. The number of aromatic nitrogens is 3. The summed E-state index contributed by atoms with van der Waals surface area (Å²) in [5, 5.41) is 12.0. The standard InChI is InChI=1S/C23H22ClN7O3.C6H12.C2H2/c1-33-19-4-3-5-20(34-2)22(19)18-11-16(23(32)28-12-21(25)29-26)30-31(18)17-8-9-27-15-10-13(24)6-7-14(15)17;1-2-4-6-5-3-1;1-2/h3-11H,12,26H2,1-2H3,(H2,25,29)(H,28,32);1-6H2;1-2H. The number of hydrogen-bond acceptors (Lipinski definition) is 7. The van der Waals surface area contributed by atoms with Gasteiger partial charge in [-0.1, -0.05) is 56.2 Å². The Labute approximate surface area is 251 Å². The van der Waals surface area contributed by atoms with Crippen LogP contribution in [-0.2, 0) is 0 Å². The van der Waals surface area contributed by atoms with Gasteiger partial charge in [0.15, 0.2) is 5.69 Å². The second-order valence-corrected chi connectivity index (χ2v) is 9.72. The summed E-state index contributed by atoms with van der Waals surface area (Å²) in [7, 11) is 3.12. The molecule has 5 N–H and O–H groups in total. The van der Waals surface area contributed by atoms with Gasteiger partial charge >= 0.3 is 0 Å². The van der Waals surface area contributed by atoms with Crippen molar-refractivity contribution in [3.8, 4) is 41.3 Å². The highest BCUT2D eigenvalue weighted by Crippen LogP contribution is 2.40. The molecule has 42 heavy (non-hydrogen) atoms. The fourth-order valence-corrected chi connectivity index (χ4v) is 4.78. The summed E-state index contributed by atoms with van der Waals surface area (Å²) in [5.74, 6) is 5.88. The Hall–Kier alpha value is -4.75. The molecule has 1 aliphatic carbocycles. The number of nitrogens with one attached hydrogen (secondary N) is 1. The number of nitrogens with two attached hydrogens (primary N) is 2. The Morgan fingerprint density at radius 3 is 2.21 bits per heavy atom. The van der Waals surface area contributed by atoms with Crippen molar-refractivity contribution in [2.75, 3.05) is 20.8 Å². The van der Waals surface area contributed by atoms with Crippen molar-refractivity contribution in [1.29, 1.82) is 0 Å². The predicted molar refractivity (Wildman–Crippen MR) is 168 cm³/mol. The van der Waals surface area contributed by atoms with E-state index in [1.165, 1.54) is 38.5 Å². The van der Waals surface area contributed by atoms with Gasteiger partial charge in [-0.2, -0.15) is 10.2 Å². The minimum Gasteiger partial charge on any atom is -0.496 e. The first-order valence-corrected chi connectivity index (χ1v) is 13.8. The third-order valence-electron chi connectivity index (χ3n) is 6.63. The van der Waals surface area contributed by atoms with Gasteiger partial charge in [0.1, 0.15) is 17.3 Å². The number of pyridine rings is 1. The summed E-state index contributed by atoms with van der Waals surface area (Å²) in [6, 6.07) is 14.2. The van der Waals surface area contributed by atoms with Gasteiger partial charge in [-0.25, -0.2) is 4.68 Å². The maximum atomic E-state index is 12.9. The van der Waals surface area contributed by atoms with Gasteiger partial charge in [0, 0.05) is 16.6 Å². The van der Waals surface area contributed by atoms with E-state index in [2.05, 4.69) is 33.3 Å². The molecule has 2 heterocycles. The fraction of sp³-hybridized carbons (Fsp3) is 0.290. The molecule has 0 spiro atoms. The lowest BCUT2D eigenvalue weighted by molar-refractivity contribution is 0.0954. The number of amides is 1. The van der Waals surface area contributed by atoms with Crippen molar-refractivity contribution in [2.45, 2.75) is 38.5 Å². The number of hydrogen-bond donors (Lipinski definition) is 3. The summed E-state index contributed by atoms with van der Waals surface area (Å²) in [6.45, 7) is -0.0216. The number of carbonyl (C=O) groups is 1. The molecule has 2 aromatic heterocycles. The summed E-state index contributed by atoms with van der Waals surface area (Å²) in [4.78, 5) is 17.3. The number of nitrogens with zero attached hydrogens (tertiary/aromatic N) is 4. The first kappa shape index (κ1) is 31.8. The van der Waals surface area contributed by atoms with Gasteiger partial charge in [-0.05, 0) is 42.5 Å². The monoisotopic (exact) mass is 589 g/mol. The largest absolute Gasteiger partial charge is 0.496 e. The average Bonchev–Trinajstić information content (AvgIpc) is 3.49. The Kier molecular flexibility index (Phi) is 12.0. The lowest BCUT2D eigenvalue weighted by Gasteiger charge is -2.15. The third-order valence-corrected chi connectivity index (χ3v) is 6.87. The molecule has 0 aliphatic heterocycles. The van der Waals surface area contributed by atoms with E-state index < -0.39 is 5.91 Å². The van der Waals surface area contributed by atoms with Crippen molar-refractivity contribution < 1.29 is 14.3 Å². The first-order chi connectivity index (χ1) is 20.5. The molecule has 0 saturated heterocycles. The zero-order chi connectivity index (χ0) is 30.5. The SMILES string of the molecule is C#C.C1CCCCC1.COc1cccc(OC)c1-c1cc(C(=O)NC/C(N)=N/N)nn1-c1ccnc2cc(Cl)ccc12. The molecule has 2 aromatic carbocycles. The zero-order valence-corrected chi connectivity index (χ0v) is 24.6. The van der Waals surface area contributed by atoms with Crippen molar-refractivity contribution in [2.24, 2.45) is 16.7 Å². The summed E-state index contributed by atoms with van der Waals surface area (Å²) in [5.41, 5.74) is 8.31. The van der Waals surface area contributed by atoms with Crippen LogP contribution in [0.4, 0.5) is 0 Å². The Balaban J connectivity index is 0.000000530. The van der Waals surface area contributed by atoms with E-state index in [9.17, 15) is 4.79 Å². The van der Waals surface area contributed by atoms with Gasteiger partial charge in [-0.15, -0.1) is 12.8 Å². The van der Waals surface area contributed by atoms with Crippen LogP contribution in [0.2, 0.25) is 5.02 Å². The molecule has 1 aliphatic rings. The number of carbonyl (C=O) groups excluding carboxylic acids is 1. The number of halogens is 1. The molecule has 220 valence electrons. The molecular formula is C31H36ClN7O3. The van der Waals surface area contributed by atoms with E-state index in [1.807, 2.05) is 12.1 Å². The molecule has 11 heteroatoms. The minimum absolute atomic E-state index is 0.0216. The predicted octanol–water partition coefficient (Wildman–Crippen LogP) is 5.31. The van der Waals surface area contributed by atoms with Crippen LogP contribution in [0.1, 0.15) is 49.0 Å². The molecule has 0 unspecified atom stereocenters. The maximum Gasteiger partial charge on any atom is 0.272 e. The molecule has 0 radical (unpaired) electrons. The molecule has 1 saturated carbocycles. The van der Waals surface area contributed by atoms with Crippen LogP contribution in [0.5, 0.6) is 11.5 Å². The highest BCUT2D eigenvalue weighted by molar-refractivity contribution is 6.31. The second-order valence-electron chi connectivity index (χ2n) is 9.28. The number of fused-ring (bicyclic) bond motifs is 1. The van der Waals surface area contributed by atoms with Gasteiger partial charge in [0.05, 0.1) is 43.2 Å². The molecule has 1 amide bonds. The van der Waals surface area contributed by atoms with E-state index in [4.69, 9.17) is 32.7 Å². The van der Waals surface area contributed by atoms with Crippen LogP contribution >= 0.6 is 11.6 Å². The van der Waals surface area contributed by atoms with Crippen LogP contribution in [0.3, 0.4) is 0 Å². The molecule has 4 aromatic rings. The van der Waals surface area contributed by atoms with Crippen molar-refractivity contribution in [3.05, 3.63) is 65.4 Å². The lowest BCUT2D eigenvalue weighted by Crippen LogP contribution is -2.34. The summed E-state index contributed by atoms with van der Waals surface area (Å²) >= 11 is 6.16. The van der Waals surface area contributed by atoms with Crippen LogP contribution in [-0.4, -0.2) is 47.3 Å². The summed E-state index contributed by atoms with van der Waals surface area (Å²) < 4.78 is 12.9. The number of benzene rings is 2. The first-order valence-electron chi connectivity index (χ1n) is 13.5. The van der Waals surface area contributed by atoms with Crippen LogP contribution in [0.15, 0.2) is 59.8 Å². The molecule has 10 nitrogen and oxygen atoms in total. The average molecular weight is 590 g/mol. The van der Waals surface area contributed by atoms with Crippen LogP contribution < -0.4 is 26.4 Å². The number of methoxy groups -OCH3 is 2. The van der Waals surface area contributed by atoms with Crippen molar-refractivity contribution in [3.63, 3.8) is 0 Å². The summed E-state index contributed by atoms with van der Waals surface area (Å²) in [6.07, 6.45) is 18.6. The number of ether oxygens (including phenoxy) is 2. The Bertz CT molecular complexity index is 1510. The van der Waals surface area contributed by atoms with Gasteiger partial charge in [0.2, 0.25) is 0 Å². The van der Waals surface area contributed by atoms with E-state index >= 15 is 0 Å². The van der Waals surface area contributed by atoms with Crippen molar-refractivity contribution in [1.82, 2.24) is 20.1 Å². The van der Waals surface area contributed by atoms with Crippen molar-refractivity contribution >= 4 is 34.2 Å². The molecule has 1 fully saturated rings. The molecule has 0 atom stereocenters. The minimum atomic E-state index is -0.457. The molecule has 5 rings (SSSR count). The number of rotatable bonds is 7. The smallest absolute Gasteiger partial charge is 0.272 e. The normalized spacial score (nSPS) is 12.7. The number of hydrazone groups is 1. The van der Waals surface area contributed by atoms with Crippen LogP contribution in [0, 0.1) is 12.8 Å². The van der Waals surface area contributed by atoms with Gasteiger partial charge in [-0.3, -0.25) is 9.78 Å². The second kappa shape index (κ2) is 15.9. The third kappa shape index (κ3) is 7.71. The number of terminal acetylenes is 1. The van der Waals surface area contributed by atoms with Gasteiger partial charge < -0.3 is 26.4 Å². The van der Waals surface area contributed by atoms with E-state index in [0.717, 1.165) is 5.39 Å². The number of amidine groups is 1. The lowest BCUT2D eigenvalue weighted by atomic mass is 10.0. The fourth-order valence-electron chi connectivity index (χ4n) is 4.62. The van der Waals surface area contributed by atoms with E-state index in [0.29, 0.717) is 39.0 Å². The maximum absolute atomic E-state index is 12.9. The Morgan fingerprint density at radius 1 is 1.02 bits per heavy atom. The quantitative estimate of drug-likeness (QED) is 0.0871.